The minimum absolute atomic E-state index is 0.102. The van der Waals surface area contributed by atoms with Crippen molar-refractivity contribution in [3.05, 3.63) is 0 Å². The molecule has 10 heavy (non-hydrogen) atoms. The first-order chi connectivity index (χ1) is 4.63. The summed E-state index contributed by atoms with van der Waals surface area (Å²) in [7, 11) is 0. The van der Waals surface area contributed by atoms with Crippen molar-refractivity contribution in [2.75, 3.05) is 0 Å². The van der Waals surface area contributed by atoms with Gasteiger partial charge in [0.15, 0.2) is 0 Å². The number of hydrogen-bond acceptors (Lipinski definition) is 4. The average molecular weight is 144 g/mol. The largest absolute Gasteiger partial charge is 0.411 e. The average Bonchev–Trinajstić information content (AvgIpc) is 2.00. The molecule has 58 valence electrons. The summed E-state index contributed by atoms with van der Waals surface area (Å²) < 4.78 is 0. The van der Waals surface area contributed by atoms with Crippen LogP contribution in [0.5, 0.6) is 0 Å². The van der Waals surface area contributed by atoms with E-state index < -0.39 is 0 Å². The molecule has 0 aliphatic rings. The second-order valence-corrected chi connectivity index (χ2v) is 2.20. The summed E-state index contributed by atoms with van der Waals surface area (Å²) in [4.78, 5) is 0. The lowest BCUT2D eigenvalue weighted by Gasteiger charge is -2.05. The first kappa shape index (κ1) is 8.94. The molecule has 0 atom stereocenters. The maximum atomic E-state index is 8.30. The zero-order valence-corrected chi connectivity index (χ0v) is 6.37. The summed E-state index contributed by atoms with van der Waals surface area (Å²) in [6.07, 6.45) is 0. The van der Waals surface area contributed by atoms with E-state index in [1.807, 2.05) is 0 Å². The van der Waals surface area contributed by atoms with Crippen molar-refractivity contribution in [2.24, 2.45) is 16.2 Å². The summed E-state index contributed by atoms with van der Waals surface area (Å²) >= 11 is 0. The third kappa shape index (κ3) is 2.05. The van der Waals surface area contributed by atoms with Crippen LogP contribution in [0.2, 0.25) is 0 Å². The van der Waals surface area contributed by atoms with Gasteiger partial charge in [0.1, 0.15) is 0 Å². The second kappa shape index (κ2) is 3.87. The van der Waals surface area contributed by atoms with Crippen LogP contribution in [0.4, 0.5) is 0 Å². The highest BCUT2D eigenvalue weighted by Gasteiger charge is 2.09. The number of hydrogen-bond donors (Lipinski definition) is 2. The van der Waals surface area contributed by atoms with Crippen LogP contribution in [0.25, 0.3) is 0 Å². The van der Waals surface area contributed by atoms with Gasteiger partial charge < -0.3 is 10.4 Å². The van der Waals surface area contributed by atoms with E-state index in [1.54, 1.807) is 20.8 Å². The molecule has 0 amide bonds. The van der Waals surface area contributed by atoms with Gasteiger partial charge >= 0.3 is 0 Å². The Labute approximate surface area is 59.9 Å². The quantitative estimate of drug-likeness (QED) is 0.348. The van der Waals surface area contributed by atoms with Gasteiger partial charge in [0.25, 0.3) is 0 Å². The summed E-state index contributed by atoms with van der Waals surface area (Å²) in [5.74, 6) is -0.102. The third-order valence-electron chi connectivity index (χ3n) is 1.57. The molecule has 2 N–H and O–H groups in total. The number of nitrogens with zero attached hydrogens (tertiary/aromatic N) is 2. The highest BCUT2D eigenvalue weighted by atomic mass is 16.4. The Balaban J connectivity index is 4.22. The summed E-state index contributed by atoms with van der Waals surface area (Å²) in [6, 6.07) is 0. The van der Waals surface area contributed by atoms with Crippen LogP contribution in [0.1, 0.15) is 20.8 Å². The van der Waals surface area contributed by atoms with Crippen LogP contribution in [0.3, 0.4) is 0 Å². The molecule has 0 aromatic carbocycles. The van der Waals surface area contributed by atoms with Gasteiger partial charge in [-0.1, -0.05) is 17.2 Å². The fraction of sp³-hybridized carbons (Fsp3) is 0.667. The first-order valence-corrected chi connectivity index (χ1v) is 3.00. The molecule has 0 saturated heterocycles. The zero-order valence-electron chi connectivity index (χ0n) is 6.37. The topological polar surface area (TPSA) is 65.2 Å². The predicted molar refractivity (Wildman–Crippen MR) is 39.0 cm³/mol. The maximum Gasteiger partial charge on any atom is 0.0625 e. The SMILES string of the molecule is CC(=NO)C(C)C(C)=NO. The molecule has 0 spiro atoms. The molecule has 0 aliphatic carbocycles. The lowest BCUT2D eigenvalue weighted by atomic mass is 10.0. The fourth-order valence-electron chi connectivity index (χ4n) is 0.476. The van der Waals surface area contributed by atoms with Gasteiger partial charge in [0.05, 0.1) is 11.4 Å². The van der Waals surface area contributed by atoms with Crippen molar-refractivity contribution in [3.8, 4) is 0 Å². The van der Waals surface area contributed by atoms with Crippen LogP contribution in [-0.4, -0.2) is 21.8 Å². The molecule has 0 radical (unpaired) electrons. The monoisotopic (exact) mass is 144 g/mol. The Morgan fingerprint density at radius 3 is 1.60 bits per heavy atom. The highest BCUT2D eigenvalue weighted by Crippen LogP contribution is 2.00. The van der Waals surface area contributed by atoms with E-state index in [4.69, 9.17) is 10.4 Å². The van der Waals surface area contributed by atoms with Crippen LogP contribution in [0, 0.1) is 5.92 Å². The lowest BCUT2D eigenvalue weighted by molar-refractivity contribution is 0.312. The smallest absolute Gasteiger partial charge is 0.0625 e. The highest BCUT2D eigenvalue weighted by molar-refractivity contribution is 6.04. The van der Waals surface area contributed by atoms with E-state index in [2.05, 4.69) is 10.3 Å². The summed E-state index contributed by atoms with van der Waals surface area (Å²) in [5.41, 5.74) is 1.07. The Hall–Kier alpha value is -1.06. The van der Waals surface area contributed by atoms with E-state index >= 15 is 0 Å². The predicted octanol–water partition coefficient (Wildman–Crippen LogP) is 1.32. The van der Waals surface area contributed by atoms with Crippen molar-refractivity contribution in [1.82, 2.24) is 0 Å². The Morgan fingerprint density at radius 1 is 1.10 bits per heavy atom. The molecule has 0 heterocycles. The van der Waals surface area contributed by atoms with E-state index in [-0.39, 0.29) is 5.92 Å². The molecule has 0 saturated carbocycles. The molecular formula is C6H12N2O2. The Kier molecular flexibility index (Phi) is 3.46. The minimum atomic E-state index is -0.102. The standard InChI is InChI=1S/C6H12N2O2/c1-4(5(2)7-9)6(3)8-10/h4,9-10H,1-3H3. The first-order valence-electron chi connectivity index (χ1n) is 3.00. The molecule has 0 fully saturated rings. The van der Waals surface area contributed by atoms with Crippen LogP contribution >= 0.6 is 0 Å². The lowest BCUT2D eigenvalue weighted by Crippen LogP contribution is -2.15. The van der Waals surface area contributed by atoms with Crippen LogP contribution < -0.4 is 0 Å². The maximum absolute atomic E-state index is 8.30. The van der Waals surface area contributed by atoms with Crippen molar-refractivity contribution in [2.45, 2.75) is 20.8 Å². The summed E-state index contributed by atoms with van der Waals surface area (Å²) in [6.45, 7) is 5.13. The summed E-state index contributed by atoms with van der Waals surface area (Å²) in [5, 5.41) is 22.6. The van der Waals surface area contributed by atoms with Gasteiger partial charge in [0.2, 0.25) is 0 Å². The molecular weight excluding hydrogens is 132 g/mol. The number of oxime groups is 2. The van der Waals surface area contributed by atoms with Gasteiger partial charge in [-0.3, -0.25) is 0 Å². The fourth-order valence-corrected chi connectivity index (χ4v) is 0.476. The normalized spacial score (nSPS) is 17.1. The van der Waals surface area contributed by atoms with E-state index in [1.165, 1.54) is 0 Å². The minimum Gasteiger partial charge on any atom is -0.411 e. The molecule has 0 aromatic rings. The van der Waals surface area contributed by atoms with Gasteiger partial charge in [-0.25, -0.2) is 0 Å². The van der Waals surface area contributed by atoms with E-state index in [0.29, 0.717) is 11.4 Å². The Bertz CT molecular complexity index is 145. The van der Waals surface area contributed by atoms with Gasteiger partial charge in [-0.2, -0.15) is 0 Å². The molecule has 4 nitrogen and oxygen atoms in total. The molecule has 4 heteroatoms. The van der Waals surface area contributed by atoms with Gasteiger partial charge in [-0.15, -0.1) is 0 Å². The van der Waals surface area contributed by atoms with Crippen LogP contribution in [-0.2, 0) is 0 Å². The molecule has 0 unspecified atom stereocenters. The third-order valence-corrected chi connectivity index (χ3v) is 1.57. The van der Waals surface area contributed by atoms with Crippen molar-refractivity contribution < 1.29 is 10.4 Å². The van der Waals surface area contributed by atoms with Crippen LogP contribution in [0.15, 0.2) is 10.3 Å². The Morgan fingerprint density at radius 2 is 1.40 bits per heavy atom. The molecule has 0 bridgehead atoms. The van der Waals surface area contributed by atoms with Crippen molar-refractivity contribution in [1.29, 1.82) is 0 Å². The van der Waals surface area contributed by atoms with E-state index in [0.717, 1.165) is 0 Å². The molecule has 0 rings (SSSR count). The van der Waals surface area contributed by atoms with Gasteiger partial charge in [-0.05, 0) is 13.8 Å². The van der Waals surface area contributed by atoms with E-state index in [9.17, 15) is 0 Å². The second-order valence-electron chi connectivity index (χ2n) is 2.20. The number of rotatable bonds is 2. The molecule has 0 aliphatic heterocycles. The van der Waals surface area contributed by atoms with Gasteiger partial charge in [0, 0.05) is 5.92 Å². The zero-order chi connectivity index (χ0) is 8.15. The molecule has 0 aromatic heterocycles. The van der Waals surface area contributed by atoms with Crippen molar-refractivity contribution in [3.63, 3.8) is 0 Å². The van der Waals surface area contributed by atoms with Crippen molar-refractivity contribution >= 4 is 11.4 Å².